The third-order valence-electron chi connectivity index (χ3n) is 5.31. The lowest BCUT2D eigenvalue weighted by Gasteiger charge is -2.18. The summed E-state index contributed by atoms with van der Waals surface area (Å²) in [5, 5.41) is 19.8. The Bertz CT molecular complexity index is 1270. The molecule has 3 N–H and O–H groups in total. The van der Waals surface area contributed by atoms with Crippen molar-refractivity contribution < 1.29 is 9.21 Å². The summed E-state index contributed by atoms with van der Waals surface area (Å²) in [4.78, 5) is 17.6. The van der Waals surface area contributed by atoms with Crippen molar-refractivity contribution in [3.8, 4) is 5.69 Å². The lowest BCUT2D eigenvalue weighted by atomic mass is 10.1. The minimum Gasteiger partial charge on any atom is -0.467 e. The van der Waals surface area contributed by atoms with Crippen molar-refractivity contribution >= 4 is 28.7 Å². The summed E-state index contributed by atoms with van der Waals surface area (Å²) in [6.07, 6.45) is 3.13. The fourth-order valence-electron chi connectivity index (χ4n) is 3.48. The van der Waals surface area contributed by atoms with Crippen molar-refractivity contribution in [1.29, 1.82) is 5.41 Å². The molecule has 1 amide bonds. The standard InChI is InChI=1S/C23H26N6O2S/c1-4-15-8-10-16(11-9-15)29-20(24)19-14(3)27-28-21(19)26-23(29)32-18(5-2)22(30)25-13-17-7-6-12-31-17/h6-12,18,24H,4-5,13H2,1-3H3,(H,25,30)(H,27,28). The number of nitrogens with zero attached hydrogens (tertiary/aromatic N) is 3. The van der Waals surface area contributed by atoms with Crippen LogP contribution < -0.4 is 10.8 Å². The highest BCUT2D eigenvalue weighted by molar-refractivity contribution is 8.00. The molecule has 0 aliphatic rings. The lowest BCUT2D eigenvalue weighted by Crippen LogP contribution is -2.32. The van der Waals surface area contributed by atoms with Crippen LogP contribution in [-0.4, -0.2) is 30.9 Å². The number of rotatable bonds is 8. The van der Waals surface area contributed by atoms with Crippen molar-refractivity contribution in [3.05, 3.63) is 65.2 Å². The molecule has 32 heavy (non-hydrogen) atoms. The average Bonchev–Trinajstić information content (AvgIpc) is 3.46. The molecule has 9 heteroatoms. The fraction of sp³-hybridized carbons (Fsp3) is 0.304. The van der Waals surface area contributed by atoms with E-state index in [2.05, 4.69) is 34.6 Å². The van der Waals surface area contributed by atoms with Crippen LogP contribution in [0.25, 0.3) is 16.7 Å². The summed E-state index contributed by atoms with van der Waals surface area (Å²) >= 11 is 1.34. The van der Waals surface area contributed by atoms with Gasteiger partial charge < -0.3 is 9.73 Å². The molecular formula is C23H26N6O2S. The van der Waals surface area contributed by atoms with E-state index in [0.717, 1.165) is 17.8 Å². The van der Waals surface area contributed by atoms with Gasteiger partial charge in [0.1, 0.15) is 11.2 Å². The lowest BCUT2D eigenvalue weighted by molar-refractivity contribution is -0.120. The second-order valence-electron chi connectivity index (χ2n) is 7.46. The molecule has 4 aromatic rings. The summed E-state index contributed by atoms with van der Waals surface area (Å²) in [6, 6.07) is 11.7. The molecule has 166 valence electrons. The maximum atomic E-state index is 12.9. The van der Waals surface area contributed by atoms with Crippen LogP contribution in [0, 0.1) is 12.3 Å². The number of amides is 1. The first kappa shape index (κ1) is 21.9. The number of benzene rings is 1. The molecule has 0 aliphatic carbocycles. The SMILES string of the molecule is CCc1ccc(-n2c(SC(CC)C(=O)NCc3ccco3)nc3n[nH]c(C)c3c2=N)cc1. The number of thioether (sulfide) groups is 1. The van der Waals surface area contributed by atoms with Gasteiger partial charge in [0, 0.05) is 11.4 Å². The maximum Gasteiger partial charge on any atom is 0.233 e. The zero-order chi connectivity index (χ0) is 22.7. The Kier molecular flexibility index (Phi) is 6.45. The molecule has 0 aliphatic heterocycles. The van der Waals surface area contributed by atoms with Crippen molar-refractivity contribution in [3.63, 3.8) is 0 Å². The molecule has 1 unspecified atom stereocenters. The quantitative estimate of drug-likeness (QED) is 0.279. The molecule has 3 heterocycles. The summed E-state index contributed by atoms with van der Waals surface area (Å²) in [6.45, 7) is 6.28. The Morgan fingerprint density at radius 1 is 1.28 bits per heavy atom. The summed E-state index contributed by atoms with van der Waals surface area (Å²) in [5.74, 6) is 0.595. The highest BCUT2D eigenvalue weighted by atomic mass is 32.2. The minimum atomic E-state index is -0.379. The summed E-state index contributed by atoms with van der Waals surface area (Å²) < 4.78 is 7.09. The van der Waals surface area contributed by atoms with Gasteiger partial charge in [-0.1, -0.05) is 37.7 Å². The first-order valence-electron chi connectivity index (χ1n) is 10.6. The zero-order valence-electron chi connectivity index (χ0n) is 18.3. The van der Waals surface area contributed by atoms with Crippen molar-refractivity contribution in [2.24, 2.45) is 0 Å². The van der Waals surface area contributed by atoms with Crippen LogP contribution >= 0.6 is 11.8 Å². The highest BCUT2D eigenvalue weighted by Gasteiger charge is 2.23. The number of nitrogens with one attached hydrogen (secondary N) is 3. The molecule has 0 radical (unpaired) electrons. The van der Waals surface area contributed by atoms with Crippen LogP contribution in [0.5, 0.6) is 0 Å². The number of carbonyl (C=O) groups is 1. The van der Waals surface area contributed by atoms with E-state index in [4.69, 9.17) is 14.8 Å². The van der Waals surface area contributed by atoms with Gasteiger partial charge in [0.15, 0.2) is 10.8 Å². The van der Waals surface area contributed by atoms with E-state index in [9.17, 15) is 4.79 Å². The van der Waals surface area contributed by atoms with Gasteiger partial charge in [0.25, 0.3) is 0 Å². The zero-order valence-corrected chi connectivity index (χ0v) is 19.1. The van der Waals surface area contributed by atoms with E-state index < -0.39 is 0 Å². The van der Waals surface area contributed by atoms with E-state index in [1.165, 1.54) is 17.3 Å². The van der Waals surface area contributed by atoms with Gasteiger partial charge in [0.2, 0.25) is 5.91 Å². The summed E-state index contributed by atoms with van der Waals surface area (Å²) in [7, 11) is 0. The Morgan fingerprint density at radius 2 is 2.06 bits per heavy atom. The van der Waals surface area contributed by atoms with Crippen molar-refractivity contribution in [1.82, 2.24) is 25.1 Å². The van der Waals surface area contributed by atoms with Crippen LogP contribution in [0.15, 0.2) is 52.2 Å². The minimum absolute atomic E-state index is 0.103. The number of furan rings is 1. The van der Waals surface area contributed by atoms with Crippen molar-refractivity contribution in [2.75, 3.05) is 0 Å². The molecule has 0 bridgehead atoms. The van der Waals surface area contributed by atoms with Crippen LogP contribution in [-0.2, 0) is 17.8 Å². The van der Waals surface area contributed by atoms with Crippen LogP contribution in [0.1, 0.15) is 37.3 Å². The second kappa shape index (κ2) is 9.44. The van der Waals surface area contributed by atoms with Crippen LogP contribution in [0.2, 0.25) is 0 Å². The molecule has 8 nitrogen and oxygen atoms in total. The number of carbonyl (C=O) groups excluding carboxylic acids is 1. The van der Waals surface area contributed by atoms with Gasteiger partial charge in [-0.25, -0.2) is 4.98 Å². The Morgan fingerprint density at radius 3 is 2.72 bits per heavy atom. The first-order valence-corrected chi connectivity index (χ1v) is 11.5. The molecule has 0 fully saturated rings. The molecular weight excluding hydrogens is 424 g/mol. The van der Waals surface area contributed by atoms with Crippen LogP contribution in [0.4, 0.5) is 0 Å². The number of H-pyrrole nitrogens is 1. The maximum absolute atomic E-state index is 12.9. The number of hydrogen-bond donors (Lipinski definition) is 3. The monoisotopic (exact) mass is 450 g/mol. The molecule has 1 atom stereocenters. The smallest absolute Gasteiger partial charge is 0.233 e. The Hall–Kier alpha value is -3.33. The fourth-order valence-corrected chi connectivity index (χ4v) is 4.53. The third-order valence-corrected chi connectivity index (χ3v) is 6.63. The van der Waals surface area contributed by atoms with Gasteiger partial charge in [-0.3, -0.25) is 19.9 Å². The molecule has 3 aromatic heterocycles. The van der Waals surface area contributed by atoms with Gasteiger partial charge in [0.05, 0.1) is 23.4 Å². The highest BCUT2D eigenvalue weighted by Crippen LogP contribution is 2.27. The van der Waals surface area contributed by atoms with Gasteiger partial charge in [-0.05, 0) is 49.6 Å². The van der Waals surface area contributed by atoms with E-state index >= 15 is 0 Å². The van der Waals surface area contributed by atoms with E-state index in [0.29, 0.717) is 40.4 Å². The van der Waals surface area contributed by atoms with Gasteiger partial charge in [-0.2, -0.15) is 5.10 Å². The molecule has 0 saturated carbocycles. The Labute approximate surface area is 190 Å². The van der Waals surface area contributed by atoms with E-state index in [1.807, 2.05) is 32.0 Å². The number of fused-ring (bicyclic) bond motifs is 1. The predicted molar refractivity (Wildman–Crippen MR) is 124 cm³/mol. The topological polar surface area (TPSA) is 113 Å². The number of aromatic nitrogens is 4. The predicted octanol–water partition coefficient (Wildman–Crippen LogP) is 3.88. The first-order chi connectivity index (χ1) is 15.5. The normalized spacial score (nSPS) is 12.2. The van der Waals surface area contributed by atoms with E-state index in [-0.39, 0.29) is 11.2 Å². The molecule has 0 spiro atoms. The molecule has 1 aromatic carbocycles. The van der Waals surface area contributed by atoms with Gasteiger partial charge in [-0.15, -0.1) is 0 Å². The van der Waals surface area contributed by atoms with Gasteiger partial charge >= 0.3 is 0 Å². The largest absolute Gasteiger partial charge is 0.467 e. The number of aromatic amines is 1. The van der Waals surface area contributed by atoms with E-state index in [1.54, 1.807) is 16.9 Å². The third kappa shape index (κ3) is 4.34. The molecule has 4 rings (SSSR count). The average molecular weight is 451 g/mol. The van der Waals surface area contributed by atoms with Crippen molar-refractivity contribution in [2.45, 2.75) is 50.6 Å². The number of aryl methyl sites for hydroxylation is 2. The summed E-state index contributed by atoms with van der Waals surface area (Å²) in [5.41, 5.74) is 3.60. The Balaban J connectivity index is 1.71. The number of hydrogen-bond acceptors (Lipinski definition) is 6. The molecule has 0 saturated heterocycles. The van der Waals surface area contributed by atoms with Crippen LogP contribution in [0.3, 0.4) is 0 Å². The second-order valence-corrected chi connectivity index (χ2v) is 8.63.